The first kappa shape index (κ1) is 20.7. The molecule has 0 spiro atoms. The number of hydrogen-bond donors (Lipinski definition) is 2. The van der Waals surface area contributed by atoms with Gasteiger partial charge in [-0.3, -0.25) is 4.90 Å². The Morgan fingerprint density at radius 1 is 1.03 bits per heavy atom. The summed E-state index contributed by atoms with van der Waals surface area (Å²) in [4.78, 5) is 17.3. The van der Waals surface area contributed by atoms with Gasteiger partial charge >= 0.3 is 6.03 Å². The van der Waals surface area contributed by atoms with Gasteiger partial charge in [-0.1, -0.05) is 49.4 Å². The molecule has 2 aromatic rings. The van der Waals surface area contributed by atoms with Crippen molar-refractivity contribution in [2.45, 2.75) is 38.8 Å². The summed E-state index contributed by atoms with van der Waals surface area (Å²) < 4.78 is 0. The molecule has 2 aromatic carbocycles. The number of benzene rings is 2. The number of para-hydroxylation sites is 1. The summed E-state index contributed by atoms with van der Waals surface area (Å²) in [7, 11) is 0. The predicted molar refractivity (Wildman–Crippen MR) is 123 cm³/mol. The van der Waals surface area contributed by atoms with Crippen LogP contribution in [-0.2, 0) is 13.0 Å². The van der Waals surface area contributed by atoms with Crippen molar-refractivity contribution in [3.8, 4) is 0 Å². The van der Waals surface area contributed by atoms with Gasteiger partial charge in [0.1, 0.15) is 0 Å². The highest BCUT2D eigenvalue weighted by molar-refractivity contribution is 5.73. The first-order chi connectivity index (χ1) is 14.7. The predicted octanol–water partition coefficient (Wildman–Crippen LogP) is 3.65. The second kappa shape index (κ2) is 9.98. The zero-order chi connectivity index (χ0) is 20.8. The average molecular weight is 407 g/mol. The molecule has 0 radical (unpaired) electrons. The molecule has 1 fully saturated rings. The van der Waals surface area contributed by atoms with Crippen molar-refractivity contribution >= 4 is 11.7 Å². The lowest BCUT2D eigenvalue weighted by Crippen LogP contribution is -2.48. The lowest BCUT2D eigenvalue weighted by atomic mass is 9.98. The molecule has 2 aliphatic heterocycles. The summed E-state index contributed by atoms with van der Waals surface area (Å²) >= 11 is 0. The molecule has 5 nitrogen and oxygen atoms in total. The fourth-order valence-corrected chi connectivity index (χ4v) is 4.74. The molecular weight excluding hydrogens is 372 g/mol. The summed E-state index contributed by atoms with van der Waals surface area (Å²) in [5.41, 5.74) is 4.17. The monoisotopic (exact) mass is 406 g/mol. The van der Waals surface area contributed by atoms with Crippen LogP contribution in [0.1, 0.15) is 30.9 Å². The summed E-state index contributed by atoms with van der Waals surface area (Å²) in [6.45, 7) is 7.77. The van der Waals surface area contributed by atoms with Crippen LogP contribution in [-0.4, -0.2) is 49.7 Å². The zero-order valence-electron chi connectivity index (χ0n) is 18.0. The Bertz CT molecular complexity index is 825. The van der Waals surface area contributed by atoms with Gasteiger partial charge in [-0.15, -0.1) is 0 Å². The van der Waals surface area contributed by atoms with E-state index >= 15 is 0 Å². The topological polar surface area (TPSA) is 47.6 Å². The Balaban J connectivity index is 1.19. The Kier molecular flexibility index (Phi) is 6.90. The molecule has 2 unspecified atom stereocenters. The number of nitrogens with one attached hydrogen (secondary N) is 2. The number of anilines is 1. The fourth-order valence-electron chi connectivity index (χ4n) is 4.74. The summed E-state index contributed by atoms with van der Waals surface area (Å²) in [5, 5.41) is 6.22. The van der Waals surface area contributed by atoms with Crippen molar-refractivity contribution in [1.82, 2.24) is 15.5 Å². The fraction of sp³-hybridized carbons (Fsp3) is 0.480. The SMILES string of the molecule is CCC(CNC(=O)NCC1CCN(c2ccccc2)C1)N1CCc2ccccc2C1. The van der Waals surface area contributed by atoms with Gasteiger partial charge in [-0.25, -0.2) is 4.79 Å². The van der Waals surface area contributed by atoms with Crippen molar-refractivity contribution in [3.05, 3.63) is 65.7 Å². The maximum Gasteiger partial charge on any atom is 0.314 e. The number of amides is 2. The molecule has 0 bridgehead atoms. The second-order valence-electron chi connectivity index (χ2n) is 8.58. The van der Waals surface area contributed by atoms with Crippen LogP contribution in [0.15, 0.2) is 54.6 Å². The average Bonchev–Trinajstić information content (AvgIpc) is 3.28. The molecule has 2 atom stereocenters. The van der Waals surface area contributed by atoms with Crippen molar-refractivity contribution in [3.63, 3.8) is 0 Å². The normalized spacial score (nSPS) is 19.9. The van der Waals surface area contributed by atoms with Gasteiger partial charge in [0.15, 0.2) is 0 Å². The first-order valence-electron chi connectivity index (χ1n) is 11.4. The second-order valence-corrected chi connectivity index (χ2v) is 8.58. The highest BCUT2D eigenvalue weighted by atomic mass is 16.2. The Morgan fingerprint density at radius 3 is 2.60 bits per heavy atom. The molecule has 0 saturated carbocycles. The highest BCUT2D eigenvalue weighted by Gasteiger charge is 2.24. The molecule has 5 heteroatoms. The molecule has 1 saturated heterocycles. The van der Waals surface area contributed by atoms with Gasteiger partial charge < -0.3 is 15.5 Å². The van der Waals surface area contributed by atoms with E-state index in [1.165, 1.54) is 16.8 Å². The van der Waals surface area contributed by atoms with Crippen LogP contribution >= 0.6 is 0 Å². The number of rotatable bonds is 7. The number of fused-ring (bicyclic) bond motifs is 1. The van der Waals surface area contributed by atoms with Crippen molar-refractivity contribution in [2.75, 3.05) is 37.6 Å². The van der Waals surface area contributed by atoms with Crippen LogP contribution in [0.3, 0.4) is 0 Å². The molecule has 4 rings (SSSR count). The van der Waals surface area contributed by atoms with E-state index in [9.17, 15) is 4.79 Å². The maximum absolute atomic E-state index is 12.4. The van der Waals surface area contributed by atoms with Gasteiger partial charge in [-0.2, -0.15) is 0 Å². The van der Waals surface area contributed by atoms with Crippen molar-refractivity contribution < 1.29 is 4.79 Å². The van der Waals surface area contributed by atoms with E-state index in [1.807, 2.05) is 0 Å². The quantitative estimate of drug-likeness (QED) is 0.738. The zero-order valence-corrected chi connectivity index (χ0v) is 18.0. The van der Waals surface area contributed by atoms with E-state index in [0.29, 0.717) is 18.5 Å². The van der Waals surface area contributed by atoms with Crippen LogP contribution in [0.25, 0.3) is 0 Å². The minimum absolute atomic E-state index is 0.0379. The molecule has 2 N–H and O–H groups in total. The van der Waals surface area contributed by atoms with Crippen molar-refractivity contribution in [1.29, 1.82) is 0 Å². The van der Waals surface area contributed by atoms with Gasteiger partial charge in [0.2, 0.25) is 0 Å². The number of nitrogens with zero attached hydrogens (tertiary/aromatic N) is 2. The van der Waals surface area contributed by atoms with Crippen LogP contribution in [0, 0.1) is 5.92 Å². The third-order valence-electron chi connectivity index (χ3n) is 6.60. The number of carbonyl (C=O) groups excluding carboxylic acids is 1. The molecule has 0 aliphatic carbocycles. The lowest BCUT2D eigenvalue weighted by Gasteiger charge is -2.35. The first-order valence-corrected chi connectivity index (χ1v) is 11.4. The van der Waals surface area contributed by atoms with E-state index in [1.54, 1.807) is 0 Å². The van der Waals surface area contributed by atoms with E-state index in [-0.39, 0.29) is 6.03 Å². The van der Waals surface area contributed by atoms with Crippen LogP contribution in [0.4, 0.5) is 10.5 Å². The third-order valence-corrected chi connectivity index (χ3v) is 6.60. The Labute approximate surface area is 180 Å². The molecule has 30 heavy (non-hydrogen) atoms. The maximum atomic E-state index is 12.4. The van der Waals surface area contributed by atoms with Gasteiger partial charge in [0.05, 0.1) is 0 Å². The van der Waals surface area contributed by atoms with Gasteiger partial charge in [0, 0.05) is 51.0 Å². The van der Waals surface area contributed by atoms with Crippen molar-refractivity contribution in [2.24, 2.45) is 5.92 Å². The standard InChI is InChI=1S/C25H34N4O/c1-2-23(29-15-13-21-8-6-7-9-22(21)19-29)17-27-25(30)26-16-20-12-14-28(18-20)24-10-4-3-5-11-24/h3-11,20,23H,2,12-19H2,1H3,(H2,26,27,30). The number of hydrogen-bond acceptors (Lipinski definition) is 3. The number of urea groups is 1. The number of carbonyl (C=O) groups is 1. The lowest BCUT2D eigenvalue weighted by molar-refractivity contribution is 0.169. The van der Waals surface area contributed by atoms with E-state index in [2.05, 4.69) is 82.0 Å². The molecule has 160 valence electrons. The Hall–Kier alpha value is -2.53. The van der Waals surface area contributed by atoms with E-state index in [4.69, 9.17) is 0 Å². The minimum atomic E-state index is -0.0379. The van der Waals surface area contributed by atoms with Crippen LogP contribution in [0.2, 0.25) is 0 Å². The van der Waals surface area contributed by atoms with Crippen LogP contribution < -0.4 is 15.5 Å². The smallest absolute Gasteiger partial charge is 0.314 e. The molecule has 2 aliphatic rings. The molecule has 0 aromatic heterocycles. The van der Waals surface area contributed by atoms with E-state index in [0.717, 1.165) is 52.0 Å². The molecule has 2 amide bonds. The summed E-state index contributed by atoms with van der Waals surface area (Å²) in [6.07, 6.45) is 3.26. The molecule has 2 heterocycles. The van der Waals surface area contributed by atoms with Gasteiger partial charge in [-0.05, 0) is 48.4 Å². The summed E-state index contributed by atoms with van der Waals surface area (Å²) in [5.74, 6) is 0.511. The van der Waals surface area contributed by atoms with E-state index < -0.39 is 0 Å². The highest BCUT2D eigenvalue weighted by Crippen LogP contribution is 2.23. The summed E-state index contributed by atoms with van der Waals surface area (Å²) in [6, 6.07) is 19.6. The third kappa shape index (κ3) is 5.14. The van der Waals surface area contributed by atoms with Gasteiger partial charge in [0.25, 0.3) is 0 Å². The minimum Gasteiger partial charge on any atom is -0.371 e. The molecular formula is C25H34N4O. The van der Waals surface area contributed by atoms with Crippen LogP contribution in [0.5, 0.6) is 0 Å². The Morgan fingerprint density at radius 2 is 1.80 bits per heavy atom. The largest absolute Gasteiger partial charge is 0.371 e.